The van der Waals surface area contributed by atoms with Crippen LogP contribution in [0.2, 0.25) is 5.02 Å². The maximum atomic E-state index is 13.6. The van der Waals surface area contributed by atoms with Crippen LogP contribution in [-0.2, 0) is 0 Å². The normalized spacial score (nSPS) is 10.4. The van der Waals surface area contributed by atoms with Gasteiger partial charge in [-0.05, 0) is 55.0 Å². The highest BCUT2D eigenvalue weighted by Crippen LogP contribution is 2.23. The summed E-state index contributed by atoms with van der Waals surface area (Å²) < 4.78 is 13.6. The lowest BCUT2D eigenvalue weighted by Crippen LogP contribution is -2.13. The average molecular weight is 356 g/mol. The van der Waals surface area contributed by atoms with Crippen LogP contribution in [0.15, 0.2) is 60.8 Å². The van der Waals surface area contributed by atoms with Crippen molar-refractivity contribution in [2.45, 2.75) is 6.92 Å². The van der Waals surface area contributed by atoms with Gasteiger partial charge >= 0.3 is 0 Å². The van der Waals surface area contributed by atoms with E-state index >= 15 is 0 Å². The Bertz CT molecular complexity index is 913. The standard InChI is InChI=1S/C19H15ClFN3O/c1-12-10-14(20)7-8-16(12)23-18-9-6-13(11-22-18)19(25)24-17-5-3-2-4-15(17)21/h2-11H,1H3,(H,22,23)(H,24,25). The van der Waals surface area contributed by atoms with Gasteiger partial charge in [0.1, 0.15) is 11.6 Å². The molecule has 2 aromatic carbocycles. The van der Waals surface area contributed by atoms with Crippen molar-refractivity contribution in [1.82, 2.24) is 4.98 Å². The Hall–Kier alpha value is -2.92. The number of nitrogens with one attached hydrogen (secondary N) is 2. The number of carbonyl (C=O) groups excluding carboxylic acids is 1. The number of pyridine rings is 1. The van der Waals surface area contributed by atoms with Crippen LogP contribution in [0.4, 0.5) is 21.6 Å². The molecule has 0 aliphatic carbocycles. The number of para-hydroxylation sites is 1. The minimum Gasteiger partial charge on any atom is -0.340 e. The van der Waals surface area contributed by atoms with E-state index in [9.17, 15) is 9.18 Å². The molecule has 0 aliphatic rings. The quantitative estimate of drug-likeness (QED) is 0.678. The largest absolute Gasteiger partial charge is 0.340 e. The molecular weight excluding hydrogens is 341 g/mol. The molecule has 3 aromatic rings. The Morgan fingerprint density at radius 3 is 2.56 bits per heavy atom. The van der Waals surface area contributed by atoms with Crippen LogP contribution >= 0.6 is 11.6 Å². The van der Waals surface area contributed by atoms with Crippen molar-refractivity contribution in [3.8, 4) is 0 Å². The molecule has 0 radical (unpaired) electrons. The molecule has 2 N–H and O–H groups in total. The monoisotopic (exact) mass is 355 g/mol. The molecule has 1 heterocycles. The molecular formula is C19H15ClFN3O. The molecule has 0 saturated heterocycles. The molecule has 1 aromatic heterocycles. The fourth-order valence-corrected chi connectivity index (χ4v) is 2.49. The van der Waals surface area contributed by atoms with Crippen LogP contribution in [0, 0.1) is 12.7 Å². The Kier molecular flexibility index (Phi) is 4.95. The topological polar surface area (TPSA) is 54.0 Å². The lowest BCUT2D eigenvalue weighted by atomic mass is 10.2. The Labute approximate surface area is 149 Å². The lowest BCUT2D eigenvalue weighted by Gasteiger charge is -2.10. The zero-order valence-electron chi connectivity index (χ0n) is 13.4. The molecule has 0 aliphatic heterocycles. The van der Waals surface area contributed by atoms with Crippen LogP contribution in [0.3, 0.4) is 0 Å². The fourth-order valence-electron chi connectivity index (χ4n) is 2.26. The SMILES string of the molecule is Cc1cc(Cl)ccc1Nc1ccc(C(=O)Nc2ccccc2F)cn1. The van der Waals surface area contributed by atoms with Crippen LogP contribution < -0.4 is 10.6 Å². The van der Waals surface area contributed by atoms with Gasteiger partial charge in [0.25, 0.3) is 5.91 Å². The zero-order valence-corrected chi connectivity index (χ0v) is 14.1. The number of aryl methyl sites for hydroxylation is 1. The minimum absolute atomic E-state index is 0.131. The molecule has 0 spiro atoms. The highest BCUT2D eigenvalue weighted by molar-refractivity contribution is 6.30. The number of hydrogen-bond donors (Lipinski definition) is 2. The Morgan fingerprint density at radius 1 is 1.08 bits per heavy atom. The van der Waals surface area contributed by atoms with Gasteiger partial charge in [0, 0.05) is 16.9 Å². The first-order valence-electron chi connectivity index (χ1n) is 7.58. The van der Waals surface area contributed by atoms with Crippen molar-refractivity contribution >= 4 is 34.7 Å². The number of benzene rings is 2. The first-order chi connectivity index (χ1) is 12.0. The minimum atomic E-state index is -0.486. The molecule has 126 valence electrons. The van der Waals surface area contributed by atoms with E-state index in [1.165, 1.54) is 18.3 Å². The predicted molar refractivity (Wildman–Crippen MR) is 98.1 cm³/mol. The number of aromatic nitrogens is 1. The van der Waals surface area contributed by atoms with Crippen molar-refractivity contribution < 1.29 is 9.18 Å². The lowest BCUT2D eigenvalue weighted by molar-refractivity contribution is 0.102. The summed E-state index contributed by atoms with van der Waals surface area (Å²) in [5, 5.41) is 6.35. The second-order valence-electron chi connectivity index (χ2n) is 5.45. The maximum absolute atomic E-state index is 13.6. The molecule has 3 rings (SSSR count). The van der Waals surface area contributed by atoms with Crippen molar-refractivity contribution in [2.24, 2.45) is 0 Å². The highest BCUT2D eigenvalue weighted by atomic mass is 35.5. The summed E-state index contributed by atoms with van der Waals surface area (Å²) in [6.07, 6.45) is 1.43. The van der Waals surface area contributed by atoms with Crippen molar-refractivity contribution in [2.75, 3.05) is 10.6 Å². The third-order valence-electron chi connectivity index (χ3n) is 3.60. The number of anilines is 3. The summed E-state index contributed by atoms with van der Waals surface area (Å²) in [4.78, 5) is 16.4. The van der Waals surface area contributed by atoms with Gasteiger partial charge in [-0.15, -0.1) is 0 Å². The summed E-state index contributed by atoms with van der Waals surface area (Å²) in [5.74, 6) is -0.319. The van der Waals surface area contributed by atoms with Crippen molar-refractivity contribution in [1.29, 1.82) is 0 Å². The number of rotatable bonds is 4. The van der Waals surface area contributed by atoms with Gasteiger partial charge in [-0.1, -0.05) is 23.7 Å². The van der Waals surface area contributed by atoms with Crippen molar-refractivity contribution in [3.05, 3.63) is 82.8 Å². The number of amides is 1. The number of halogens is 2. The molecule has 0 fully saturated rings. The summed E-state index contributed by atoms with van der Waals surface area (Å²) in [7, 11) is 0. The zero-order chi connectivity index (χ0) is 17.8. The van der Waals surface area contributed by atoms with Gasteiger partial charge < -0.3 is 10.6 Å². The van der Waals surface area contributed by atoms with Crippen LogP contribution in [0.25, 0.3) is 0 Å². The molecule has 0 bridgehead atoms. The highest BCUT2D eigenvalue weighted by Gasteiger charge is 2.09. The summed E-state index contributed by atoms with van der Waals surface area (Å²) in [6.45, 7) is 1.93. The van der Waals surface area contributed by atoms with E-state index < -0.39 is 11.7 Å². The second-order valence-corrected chi connectivity index (χ2v) is 5.89. The Morgan fingerprint density at radius 2 is 1.88 bits per heavy atom. The number of hydrogen-bond acceptors (Lipinski definition) is 3. The molecule has 1 amide bonds. The average Bonchev–Trinajstić information content (AvgIpc) is 2.60. The van der Waals surface area contributed by atoms with Gasteiger partial charge in [0.05, 0.1) is 11.3 Å². The van der Waals surface area contributed by atoms with Gasteiger partial charge in [0.15, 0.2) is 0 Å². The second kappa shape index (κ2) is 7.32. The van der Waals surface area contributed by atoms with E-state index in [2.05, 4.69) is 15.6 Å². The van der Waals surface area contributed by atoms with E-state index in [0.717, 1.165) is 11.3 Å². The van der Waals surface area contributed by atoms with Crippen molar-refractivity contribution in [3.63, 3.8) is 0 Å². The Balaban J connectivity index is 1.71. The van der Waals surface area contributed by atoms with Gasteiger partial charge in [-0.3, -0.25) is 4.79 Å². The van der Waals surface area contributed by atoms with Crippen LogP contribution in [-0.4, -0.2) is 10.9 Å². The predicted octanol–water partition coefficient (Wildman–Crippen LogP) is 5.18. The molecule has 4 nitrogen and oxygen atoms in total. The van der Waals surface area contributed by atoms with Crippen LogP contribution in [0.5, 0.6) is 0 Å². The van der Waals surface area contributed by atoms with E-state index in [-0.39, 0.29) is 5.69 Å². The van der Waals surface area contributed by atoms with Gasteiger partial charge in [-0.2, -0.15) is 0 Å². The maximum Gasteiger partial charge on any atom is 0.257 e. The van der Waals surface area contributed by atoms with Gasteiger partial charge in [0.2, 0.25) is 0 Å². The van der Waals surface area contributed by atoms with E-state index in [0.29, 0.717) is 16.4 Å². The third kappa shape index (κ3) is 4.14. The third-order valence-corrected chi connectivity index (χ3v) is 3.83. The first kappa shape index (κ1) is 16.9. The van der Waals surface area contributed by atoms with Crippen LogP contribution in [0.1, 0.15) is 15.9 Å². The molecule has 0 atom stereocenters. The number of carbonyl (C=O) groups is 1. The summed E-state index contributed by atoms with van der Waals surface area (Å²) in [5.41, 5.74) is 2.32. The molecule has 25 heavy (non-hydrogen) atoms. The van der Waals surface area contributed by atoms with E-state index in [1.807, 2.05) is 19.1 Å². The van der Waals surface area contributed by atoms with E-state index in [4.69, 9.17) is 11.6 Å². The fraction of sp³-hybridized carbons (Fsp3) is 0.0526. The summed E-state index contributed by atoms with van der Waals surface area (Å²) in [6, 6.07) is 14.8. The van der Waals surface area contributed by atoms with E-state index in [1.54, 1.807) is 30.3 Å². The number of nitrogens with zero attached hydrogens (tertiary/aromatic N) is 1. The first-order valence-corrected chi connectivity index (χ1v) is 7.96. The smallest absolute Gasteiger partial charge is 0.257 e. The molecule has 0 unspecified atom stereocenters. The molecule has 0 saturated carbocycles. The summed E-state index contributed by atoms with van der Waals surface area (Å²) >= 11 is 5.94. The van der Waals surface area contributed by atoms with Gasteiger partial charge in [-0.25, -0.2) is 9.37 Å². The molecule has 6 heteroatoms.